The van der Waals surface area contributed by atoms with E-state index >= 15 is 0 Å². The van der Waals surface area contributed by atoms with Crippen molar-refractivity contribution in [3.8, 4) is 0 Å². The summed E-state index contributed by atoms with van der Waals surface area (Å²) in [5.74, 6) is 0. The molecule has 0 aliphatic rings. The third-order valence-electron chi connectivity index (χ3n) is 1.72. The molecule has 0 aliphatic heterocycles. The Labute approximate surface area is 67.7 Å². The standard InChI is InChI=1S/C9H15N2/c1-9-3-7-11(8-4-9)6-2-5-10/h3-4,7-8H,2,5-6,10H2,1H3/q+1/p+1. The smallest absolute Gasteiger partial charge is 0.169 e. The molecule has 0 aromatic carbocycles. The fourth-order valence-electron chi connectivity index (χ4n) is 0.975. The van der Waals surface area contributed by atoms with Gasteiger partial charge < -0.3 is 5.73 Å². The second-order valence-corrected chi connectivity index (χ2v) is 2.82. The normalized spacial score (nSPS) is 10.0. The van der Waals surface area contributed by atoms with Gasteiger partial charge in [-0.25, -0.2) is 4.57 Å². The molecule has 11 heavy (non-hydrogen) atoms. The van der Waals surface area contributed by atoms with Crippen molar-refractivity contribution >= 4 is 0 Å². The highest BCUT2D eigenvalue weighted by Gasteiger charge is 1.97. The predicted octanol–water partition coefficient (Wildman–Crippen LogP) is -0.0855. The van der Waals surface area contributed by atoms with Gasteiger partial charge in [-0.2, -0.15) is 0 Å². The molecule has 0 radical (unpaired) electrons. The molecule has 1 aromatic heterocycles. The Hall–Kier alpha value is -0.890. The molecule has 0 saturated carbocycles. The van der Waals surface area contributed by atoms with E-state index in [1.54, 1.807) is 0 Å². The molecule has 0 atom stereocenters. The van der Waals surface area contributed by atoms with Gasteiger partial charge in [0.25, 0.3) is 0 Å². The summed E-state index contributed by atoms with van der Waals surface area (Å²) in [6.45, 7) is 4.20. The Morgan fingerprint density at radius 1 is 1.36 bits per heavy atom. The minimum atomic E-state index is 1.01. The zero-order valence-corrected chi connectivity index (χ0v) is 7.09. The SMILES string of the molecule is Cc1cc[n+](CCC[NH3+])cc1. The van der Waals surface area contributed by atoms with Crippen molar-refractivity contribution in [1.82, 2.24) is 0 Å². The lowest BCUT2D eigenvalue weighted by atomic mass is 10.3. The molecule has 0 fully saturated rings. The van der Waals surface area contributed by atoms with Crippen LogP contribution in [0.5, 0.6) is 0 Å². The Morgan fingerprint density at radius 3 is 2.55 bits per heavy atom. The van der Waals surface area contributed by atoms with Gasteiger partial charge >= 0.3 is 0 Å². The number of nitrogens with zero attached hydrogens (tertiary/aromatic N) is 1. The lowest BCUT2D eigenvalue weighted by molar-refractivity contribution is -0.699. The summed E-state index contributed by atoms with van der Waals surface area (Å²) in [7, 11) is 0. The van der Waals surface area contributed by atoms with Gasteiger partial charge in [0.2, 0.25) is 0 Å². The van der Waals surface area contributed by atoms with Crippen LogP contribution in [0.2, 0.25) is 0 Å². The zero-order valence-electron chi connectivity index (χ0n) is 7.09. The molecule has 3 N–H and O–H groups in total. The molecule has 0 bridgehead atoms. The van der Waals surface area contributed by atoms with E-state index in [0.717, 1.165) is 19.5 Å². The molecule has 0 aliphatic carbocycles. The van der Waals surface area contributed by atoms with Crippen molar-refractivity contribution in [3.63, 3.8) is 0 Å². The number of rotatable bonds is 3. The summed E-state index contributed by atoms with van der Waals surface area (Å²) in [6, 6.07) is 4.26. The third kappa shape index (κ3) is 2.68. The maximum Gasteiger partial charge on any atom is 0.169 e. The number of pyridine rings is 1. The highest BCUT2D eigenvalue weighted by molar-refractivity contribution is 5.03. The summed E-state index contributed by atoms with van der Waals surface area (Å²) in [5.41, 5.74) is 5.12. The molecule has 1 heterocycles. The Balaban J connectivity index is 2.52. The monoisotopic (exact) mass is 152 g/mol. The number of hydrogen-bond acceptors (Lipinski definition) is 0. The van der Waals surface area contributed by atoms with E-state index in [-0.39, 0.29) is 0 Å². The van der Waals surface area contributed by atoms with E-state index in [9.17, 15) is 0 Å². The molecule has 0 saturated heterocycles. The Morgan fingerprint density at radius 2 is 2.00 bits per heavy atom. The minimum absolute atomic E-state index is 1.01. The first kappa shape index (κ1) is 8.21. The summed E-state index contributed by atoms with van der Waals surface area (Å²) in [4.78, 5) is 0. The first-order chi connectivity index (χ1) is 5.33. The topological polar surface area (TPSA) is 31.5 Å². The van der Waals surface area contributed by atoms with Gasteiger partial charge in [-0.05, 0) is 12.5 Å². The molecular formula is C9H16N2+2. The molecule has 1 aromatic rings. The lowest BCUT2D eigenvalue weighted by Gasteiger charge is -1.93. The average molecular weight is 152 g/mol. The first-order valence-electron chi connectivity index (χ1n) is 4.08. The van der Waals surface area contributed by atoms with Crippen LogP contribution in [0.15, 0.2) is 24.5 Å². The van der Waals surface area contributed by atoms with E-state index in [1.165, 1.54) is 5.56 Å². The van der Waals surface area contributed by atoms with Crippen LogP contribution < -0.4 is 10.3 Å². The first-order valence-corrected chi connectivity index (χ1v) is 4.08. The van der Waals surface area contributed by atoms with Crippen molar-refractivity contribution in [2.24, 2.45) is 0 Å². The van der Waals surface area contributed by atoms with Gasteiger partial charge in [-0.15, -0.1) is 0 Å². The van der Waals surface area contributed by atoms with E-state index in [1.807, 2.05) is 0 Å². The maximum absolute atomic E-state index is 3.80. The van der Waals surface area contributed by atoms with Crippen LogP contribution in [0.25, 0.3) is 0 Å². The van der Waals surface area contributed by atoms with Crippen LogP contribution in [0.4, 0.5) is 0 Å². The van der Waals surface area contributed by atoms with Crippen LogP contribution in [-0.2, 0) is 6.54 Å². The molecule has 60 valence electrons. The van der Waals surface area contributed by atoms with Crippen molar-refractivity contribution in [1.29, 1.82) is 0 Å². The average Bonchev–Trinajstić information content (AvgIpc) is 2.04. The van der Waals surface area contributed by atoms with Crippen molar-refractivity contribution < 1.29 is 10.3 Å². The summed E-state index contributed by atoms with van der Waals surface area (Å²) < 4.78 is 2.19. The molecular weight excluding hydrogens is 136 g/mol. The Kier molecular flexibility index (Phi) is 3.05. The maximum atomic E-state index is 3.80. The van der Waals surface area contributed by atoms with Crippen LogP contribution in [0.1, 0.15) is 12.0 Å². The quantitative estimate of drug-likeness (QED) is 0.587. The highest BCUT2D eigenvalue weighted by Crippen LogP contribution is 1.89. The van der Waals surface area contributed by atoms with E-state index in [4.69, 9.17) is 0 Å². The van der Waals surface area contributed by atoms with Crippen LogP contribution in [-0.4, -0.2) is 6.54 Å². The number of aromatic nitrogens is 1. The third-order valence-corrected chi connectivity index (χ3v) is 1.72. The number of hydrogen-bond donors (Lipinski definition) is 1. The van der Waals surface area contributed by atoms with Gasteiger partial charge in [0.1, 0.15) is 0 Å². The molecule has 0 spiro atoms. The van der Waals surface area contributed by atoms with Gasteiger partial charge in [0.15, 0.2) is 18.9 Å². The fourth-order valence-corrected chi connectivity index (χ4v) is 0.975. The predicted molar refractivity (Wildman–Crippen MR) is 43.7 cm³/mol. The lowest BCUT2D eigenvalue weighted by Crippen LogP contribution is -2.51. The van der Waals surface area contributed by atoms with Gasteiger partial charge in [-0.1, -0.05) is 0 Å². The minimum Gasteiger partial charge on any atom is -0.357 e. The van der Waals surface area contributed by atoms with Gasteiger partial charge in [0.05, 0.1) is 13.0 Å². The van der Waals surface area contributed by atoms with Gasteiger partial charge in [-0.3, -0.25) is 0 Å². The molecule has 2 heteroatoms. The second-order valence-electron chi connectivity index (χ2n) is 2.82. The highest BCUT2D eigenvalue weighted by atomic mass is 14.9. The number of aryl methyl sites for hydroxylation is 2. The van der Waals surface area contributed by atoms with Crippen LogP contribution >= 0.6 is 0 Å². The largest absolute Gasteiger partial charge is 0.357 e. The van der Waals surface area contributed by atoms with Crippen molar-refractivity contribution in [2.45, 2.75) is 19.9 Å². The van der Waals surface area contributed by atoms with Crippen LogP contribution in [0.3, 0.4) is 0 Å². The second kappa shape index (κ2) is 4.09. The van der Waals surface area contributed by atoms with Crippen molar-refractivity contribution in [2.75, 3.05) is 6.54 Å². The molecule has 0 unspecified atom stereocenters. The fraction of sp³-hybridized carbons (Fsp3) is 0.444. The van der Waals surface area contributed by atoms with E-state index in [2.05, 4.69) is 41.8 Å². The van der Waals surface area contributed by atoms with E-state index in [0.29, 0.717) is 0 Å². The van der Waals surface area contributed by atoms with Crippen molar-refractivity contribution in [3.05, 3.63) is 30.1 Å². The summed E-state index contributed by atoms with van der Waals surface area (Å²) in [5, 5.41) is 0. The summed E-state index contributed by atoms with van der Waals surface area (Å²) >= 11 is 0. The van der Waals surface area contributed by atoms with Crippen LogP contribution in [0, 0.1) is 6.92 Å². The molecule has 0 amide bonds. The molecule has 2 nitrogen and oxygen atoms in total. The summed E-state index contributed by atoms with van der Waals surface area (Å²) in [6.07, 6.45) is 5.39. The zero-order chi connectivity index (χ0) is 8.10. The Bertz CT molecular complexity index is 203. The van der Waals surface area contributed by atoms with Gasteiger partial charge in [0, 0.05) is 12.1 Å². The molecule has 1 rings (SSSR count). The number of quaternary nitrogens is 1. The van der Waals surface area contributed by atoms with E-state index < -0.39 is 0 Å².